The van der Waals surface area contributed by atoms with E-state index in [4.69, 9.17) is 0 Å². The highest BCUT2D eigenvalue weighted by molar-refractivity contribution is 6.00. The van der Waals surface area contributed by atoms with Gasteiger partial charge in [0.15, 0.2) is 0 Å². The summed E-state index contributed by atoms with van der Waals surface area (Å²) in [4.78, 5) is 22.6. The summed E-state index contributed by atoms with van der Waals surface area (Å²) in [5, 5.41) is 5.64. The third-order valence-electron chi connectivity index (χ3n) is 3.81. The molecule has 0 radical (unpaired) electrons. The van der Waals surface area contributed by atoms with E-state index in [-0.39, 0.29) is 17.9 Å². The summed E-state index contributed by atoms with van der Waals surface area (Å²) in [5.41, 5.74) is 2.80. The van der Waals surface area contributed by atoms with Crippen LogP contribution in [-0.4, -0.2) is 24.4 Å². The van der Waals surface area contributed by atoms with Gasteiger partial charge in [0.1, 0.15) is 0 Å². The Morgan fingerprint density at radius 3 is 2.89 bits per heavy atom. The second-order valence-corrected chi connectivity index (χ2v) is 5.01. The Labute approximate surface area is 106 Å². The van der Waals surface area contributed by atoms with Crippen LogP contribution >= 0.6 is 0 Å². The number of imide groups is 1. The van der Waals surface area contributed by atoms with E-state index in [0.29, 0.717) is 18.8 Å². The first-order chi connectivity index (χ1) is 8.74. The predicted octanol–water partition coefficient (Wildman–Crippen LogP) is 0.721. The van der Waals surface area contributed by atoms with Gasteiger partial charge in [0.05, 0.1) is 6.04 Å². The summed E-state index contributed by atoms with van der Waals surface area (Å²) in [6.45, 7) is 0.809. The number of nitrogens with one attached hydrogen (secondary N) is 2. The Bertz CT molecular complexity index is 498. The Morgan fingerprint density at radius 1 is 1.28 bits per heavy atom. The monoisotopic (exact) mass is 244 g/mol. The van der Waals surface area contributed by atoms with Gasteiger partial charge in [-0.15, -0.1) is 0 Å². The molecule has 0 saturated carbocycles. The van der Waals surface area contributed by atoms with Crippen LogP contribution < -0.4 is 10.6 Å². The third-order valence-corrected chi connectivity index (χ3v) is 3.81. The zero-order chi connectivity index (χ0) is 12.5. The van der Waals surface area contributed by atoms with E-state index in [2.05, 4.69) is 34.9 Å². The molecule has 0 spiro atoms. The number of hydrogen-bond acceptors (Lipinski definition) is 3. The van der Waals surface area contributed by atoms with Crippen LogP contribution in [0.2, 0.25) is 0 Å². The van der Waals surface area contributed by atoms with Crippen molar-refractivity contribution in [3.8, 4) is 0 Å². The molecule has 0 bridgehead atoms. The molecule has 2 unspecified atom stereocenters. The van der Waals surface area contributed by atoms with Crippen LogP contribution in [0.3, 0.4) is 0 Å². The van der Waals surface area contributed by atoms with Crippen molar-refractivity contribution >= 4 is 11.8 Å². The van der Waals surface area contributed by atoms with Gasteiger partial charge in [-0.25, -0.2) is 0 Å². The maximum absolute atomic E-state index is 11.6. The van der Waals surface area contributed by atoms with Crippen molar-refractivity contribution in [2.24, 2.45) is 0 Å². The zero-order valence-corrected chi connectivity index (χ0v) is 10.1. The van der Waals surface area contributed by atoms with Gasteiger partial charge >= 0.3 is 0 Å². The van der Waals surface area contributed by atoms with Crippen molar-refractivity contribution in [3.05, 3.63) is 35.4 Å². The summed E-state index contributed by atoms with van der Waals surface area (Å²) in [6, 6.07) is 8.20. The first-order valence-corrected chi connectivity index (χ1v) is 6.39. The molecule has 1 fully saturated rings. The van der Waals surface area contributed by atoms with Crippen LogP contribution in [0, 0.1) is 0 Å². The maximum atomic E-state index is 11.6. The smallest absolute Gasteiger partial charge is 0.243 e. The Hall–Kier alpha value is -1.68. The van der Waals surface area contributed by atoms with Crippen LogP contribution in [0.15, 0.2) is 24.3 Å². The molecule has 1 aliphatic heterocycles. The van der Waals surface area contributed by atoms with Crippen molar-refractivity contribution in [3.63, 3.8) is 0 Å². The number of carbonyl (C=O) groups is 2. The fourth-order valence-corrected chi connectivity index (χ4v) is 2.72. The minimum Gasteiger partial charge on any atom is -0.305 e. The van der Waals surface area contributed by atoms with Gasteiger partial charge in [-0.1, -0.05) is 24.3 Å². The first-order valence-electron chi connectivity index (χ1n) is 6.39. The number of rotatable bonds is 3. The third kappa shape index (κ3) is 2.04. The minimum absolute atomic E-state index is 0.160. The van der Waals surface area contributed by atoms with E-state index in [1.165, 1.54) is 11.1 Å². The summed E-state index contributed by atoms with van der Waals surface area (Å²) in [6.07, 6.45) is 2.13. The number of fused-ring (bicyclic) bond motifs is 1. The van der Waals surface area contributed by atoms with E-state index in [1.807, 2.05) is 0 Å². The standard InChI is InChI=1S/C14H16N2O2/c17-13-6-5-12(14(18)16-13)15-8-10-7-9-3-1-2-4-11(9)10/h1-4,10,12,15H,5-8H2,(H,16,17,18). The number of carbonyl (C=O) groups excluding carboxylic acids is 2. The summed E-state index contributed by atoms with van der Waals surface area (Å²) >= 11 is 0. The number of piperidine rings is 1. The second kappa shape index (κ2) is 4.53. The lowest BCUT2D eigenvalue weighted by Gasteiger charge is -2.32. The lowest BCUT2D eigenvalue weighted by molar-refractivity contribution is -0.134. The largest absolute Gasteiger partial charge is 0.305 e. The van der Waals surface area contributed by atoms with Crippen molar-refractivity contribution in [1.82, 2.24) is 10.6 Å². The van der Waals surface area contributed by atoms with Crippen LogP contribution in [0.1, 0.15) is 29.9 Å². The summed E-state index contributed by atoms with van der Waals surface area (Å²) < 4.78 is 0. The van der Waals surface area contributed by atoms with Crippen LogP contribution in [0.25, 0.3) is 0 Å². The van der Waals surface area contributed by atoms with Crippen LogP contribution in [0.5, 0.6) is 0 Å². The molecule has 1 aliphatic carbocycles. The summed E-state index contributed by atoms with van der Waals surface area (Å²) in [5.74, 6) is 0.164. The molecule has 18 heavy (non-hydrogen) atoms. The van der Waals surface area contributed by atoms with Crippen molar-refractivity contribution in [2.75, 3.05) is 6.54 Å². The highest BCUT2D eigenvalue weighted by atomic mass is 16.2. The molecule has 2 N–H and O–H groups in total. The topological polar surface area (TPSA) is 58.2 Å². The van der Waals surface area contributed by atoms with Crippen molar-refractivity contribution in [1.29, 1.82) is 0 Å². The predicted molar refractivity (Wildman–Crippen MR) is 67.1 cm³/mol. The molecular weight excluding hydrogens is 228 g/mol. The molecule has 4 heteroatoms. The summed E-state index contributed by atoms with van der Waals surface area (Å²) in [7, 11) is 0. The van der Waals surface area contributed by atoms with Crippen LogP contribution in [-0.2, 0) is 16.0 Å². The van der Waals surface area contributed by atoms with Gasteiger partial charge in [-0.3, -0.25) is 14.9 Å². The molecule has 1 aromatic carbocycles. The molecule has 4 nitrogen and oxygen atoms in total. The van der Waals surface area contributed by atoms with E-state index in [0.717, 1.165) is 13.0 Å². The van der Waals surface area contributed by atoms with E-state index >= 15 is 0 Å². The Kier molecular flexibility index (Phi) is 2.88. The quantitative estimate of drug-likeness (QED) is 0.770. The van der Waals surface area contributed by atoms with Crippen LogP contribution in [0.4, 0.5) is 0 Å². The highest BCUT2D eigenvalue weighted by Gasteiger charge is 2.29. The lowest BCUT2D eigenvalue weighted by atomic mass is 9.77. The average molecular weight is 244 g/mol. The van der Waals surface area contributed by atoms with Crippen molar-refractivity contribution in [2.45, 2.75) is 31.2 Å². The van der Waals surface area contributed by atoms with Gasteiger partial charge in [0.25, 0.3) is 0 Å². The van der Waals surface area contributed by atoms with Crippen molar-refractivity contribution < 1.29 is 9.59 Å². The average Bonchev–Trinajstić information content (AvgIpc) is 2.33. The molecule has 94 valence electrons. The number of benzene rings is 1. The number of amides is 2. The van der Waals surface area contributed by atoms with E-state index in [9.17, 15) is 9.59 Å². The van der Waals surface area contributed by atoms with Gasteiger partial charge in [0, 0.05) is 18.9 Å². The molecule has 2 atom stereocenters. The van der Waals surface area contributed by atoms with Gasteiger partial charge in [-0.2, -0.15) is 0 Å². The van der Waals surface area contributed by atoms with Gasteiger partial charge in [0.2, 0.25) is 11.8 Å². The Balaban J connectivity index is 1.54. The fourth-order valence-electron chi connectivity index (χ4n) is 2.72. The molecule has 1 heterocycles. The first kappa shape index (κ1) is 11.4. The molecule has 1 saturated heterocycles. The molecule has 2 amide bonds. The van der Waals surface area contributed by atoms with Gasteiger partial charge in [-0.05, 0) is 24.0 Å². The lowest BCUT2D eigenvalue weighted by Crippen LogP contribution is -2.51. The number of hydrogen-bond donors (Lipinski definition) is 2. The van der Waals surface area contributed by atoms with E-state index < -0.39 is 0 Å². The molecule has 1 aromatic rings. The molecule has 2 aliphatic rings. The normalized spacial score (nSPS) is 26.2. The minimum atomic E-state index is -0.213. The second-order valence-electron chi connectivity index (χ2n) is 5.01. The molecular formula is C14H16N2O2. The molecule has 0 aromatic heterocycles. The molecule has 3 rings (SSSR count). The Morgan fingerprint density at radius 2 is 2.11 bits per heavy atom. The zero-order valence-electron chi connectivity index (χ0n) is 10.1. The SMILES string of the molecule is O=C1CCC(NCC2Cc3ccccc32)C(=O)N1. The van der Waals surface area contributed by atoms with E-state index in [1.54, 1.807) is 0 Å². The van der Waals surface area contributed by atoms with Gasteiger partial charge < -0.3 is 5.32 Å². The maximum Gasteiger partial charge on any atom is 0.243 e. The fraction of sp³-hybridized carbons (Fsp3) is 0.429. The highest BCUT2D eigenvalue weighted by Crippen LogP contribution is 2.34.